The van der Waals surface area contributed by atoms with Crippen molar-refractivity contribution in [3.05, 3.63) is 71.0 Å². The summed E-state index contributed by atoms with van der Waals surface area (Å²) < 4.78 is 33.1. The van der Waals surface area contributed by atoms with Gasteiger partial charge in [-0.25, -0.2) is 23.1 Å². The second kappa shape index (κ2) is 9.32. The van der Waals surface area contributed by atoms with E-state index in [2.05, 4.69) is 20.0 Å². The fourth-order valence-corrected chi connectivity index (χ4v) is 3.75. The predicted molar refractivity (Wildman–Crippen MR) is 119 cm³/mol. The first-order chi connectivity index (χ1) is 14.6. The highest BCUT2D eigenvalue weighted by Gasteiger charge is 2.18. The Morgan fingerprint density at radius 2 is 1.58 bits per heavy atom. The van der Waals surface area contributed by atoms with Crippen LogP contribution >= 0.6 is 11.6 Å². The van der Waals surface area contributed by atoms with Gasteiger partial charge in [0, 0.05) is 22.1 Å². The lowest BCUT2D eigenvalue weighted by Gasteiger charge is -2.15. The highest BCUT2D eigenvalue weighted by atomic mass is 35.5. The summed E-state index contributed by atoms with van der Waals surface area (Å²) in [6.07, 6.45) is -0.770. The Kier molecular flexibility index (Phi) is 6.77. The molecule has 0 fully saturated rings. The first-order valence-corrected chi connectivity index (χ1v) is 11.2. The minimum absolute atomic E-state index is 0.00283. The van der Waals surface area contributed by atoms with Gasteiger partial charge in [0.2, 0.25) is 5.95 Å². The van der Waals surface area contributed by atoms with Gasteiger partial charge < -0.3 is 10.1 Å². The zero-order valence-corrected chi connectivity index (χ0v) is 18.7. The maximum Gasteiger partial charge on any atom is 0.265 e. The van der Waals surface area contributed by atoms with Crippen LogP contribution in [-0.2, 0) is 14.8 Å². The van der Waals surface area contributed by atoms with Crippen molar-refractivity contribution >= 4 is 39.2 Å². The molecule has 1 amide bonds. The summed E-state index contributed by atoms with van der Waals surface area (Å²) in [5.41, 5.74) is 1.73. The topological polar surface area (TPSA) is 110 Å². The van der Waals surface area contributed by atoms with E-state index < -0.39 is 16.1 Å². The van der Waals surface area contributed by atoms with Crippen LogP contribution in [0.1, 0.15) is 18.3 Å². The smallest absolute Gasteiger partial charge is 0.265 e. The quantitative estimate of drug-likeness (QED) is 0.552. The van der Waals surface area contributed by atoms with E-state index in [4.69, 9.17) is 16.3 Å². The van der Waals surface area contributed by atoms with Crippen molar-refractivity contribution < 1.29 is 17.9 Å². The molecule has 2 N–H and O–H groups in total. The summed E-state index contributed by atoms with van der Waals surface area (Å²) in [5, 5.41) is 3.25. The number of carbonyl (C=O) groups is 1. The molecule has 1 atom stereocenters. The molecule has 0 aliphatic carbocycles. The van der Waals surface area contributed by atoms with Crippen molar-refractivity contribution in [2.75, 3.05) is 10.0 Å². The first-order valence-electron chi connectivity index (χ1n) is 9.31. The Labute approximate surface area is 185 Å². The van der Waals surface area contributed by atoms with Crippen LogP contribution < -0.4 is 14.8 Å². The third-order valence-electron chi connectivity index (χ3n) is 4.14. The molecule has 3 rings (SSSR count). The lowest BCUT2D eigenvalue weighted by atomic mass is 10.3. The maximum atomic E-state index is 12.6. The van der Waals surface area contributed by atoms with E-state index in [1.165, 1.54) is 24.3 Å². The van der Waals surface area contributed by atoms with Crippen LogP contribution in [0.2, 0.25) is 5.02 Å². The highest BCUT2D eigenvalue weighted by molar-refractivity contribution is 7.92. The molecule has 0 unspecified atom stereocenters. The van der Waals surface area contributed by atoms with E-state index in [9.17, 15) is 13.2 Å². The maximum absolute atomic E-state index is 12.6. The second-order valence-corrected chi connectivity index (χ2v) is 8.93. The fraction of sp³-hybridized carbons (Fsp3) is 0.190. The van der Waals surface area contributed by atoms with Crippen molar-refractivity contribution in [3.8, 4) is 5.75 Å². The number of carbonyl (C=O) groups excluding carboxylic acids is 1. The molecule has 0 bridgehead atoms. The Hall–Kier alpha value is -3.17. The molecule has 0 aliphatic rings. The molecule has 0 aliphatic heterocycles. The van der Waals surface area contributed by atoms with E-state index in [0.717, 1.165) is 0 Å². The van der Waals surface area contributed by atoms with Crippen molar-refractivity contribution in [3.63, 3.8) is 0 Å². The Bertz CT molecular complexity index is 1160. The molecule has 2 aromatic carbocycles. The molecule has 8 nitrogen and oxygen atoms in total. The number of nitrogens with zero attached hydrogens (tertiary/aromatic N) is 2. The highest BCUT2D eigenvalue weighted by Crippen LogP contribution is 2.19. The normalized spacial score (nSPS) is 12.1. The van der Waals surface area contributed by atoms with Gasteiger partial charge in [-0.3, -0.25) is 4.79 Å². The Morgan fingerprint density at radius 3 is 2.16 bits per heavy atom. The predicted octanol–water partition coefficient (Wildman–Crippen LogP) is 3.95. The molecule has 10 heteroatoms. The number of benzene rings is 2. The van der Waals surface area contributed by atoms with Crippen LogP contribution in [0.25, 0.3) is 0 Å². The number of halogens is 1. The second-order valence-electron chi connectivity index (χ2n) is 6.81. The lowest BCUT2D eigenvalue weighted by Crippen LogP contribution is -2.30. The average Bonchev–Trinajstić information content (AvgIpc) is 2.69. The molecule has 162 valence electrons. The number of hydrogen-bond donors (Lipinski definition) is 2. The molecule has 0 radical (unpaired) electrons. The van der Waals surface area contributed by atoms with Crippen LogP contribution in [0, 0.1) is 13.8 Å². The number of rotatable bonds is 7. The van der Waals surface area contributed by atoms with Crippen LogP contribution in [0.3, 0.4) is 0 Å². The molecular formula is C21H21ClN4O4S. The number of anilines is 2. The van der Waals surface area contributed by atoms with Gasteiger partial charge in [0.15, 0.2) is 6.10 Å². The summed E-state index contributed by atoms with van der Waals surface area (Å²) >= 11 is 5.83. The van der Waals surface area contributed by atoms with Gasteiger partial charge >= 0.3 is 0 Å². The first kappa shape index (κ1) is 22.5. The van der Waals surface area contributed by atoms with Gasteiger partial charge in [-0.05, 0) is 75.4 Å². The van der Waals surface area contributed by atoms with Crippen LogP contribution in [0.4, 0.5) is 11.6 Å². The van der Waals surface area contributed by atoms with Gasteiger partial charge in [0.05, 0.1) is 4.90 Å². The largest absolute Gasteiger partial charge is 0.481 e. The van der Waals surface area contributed by atoms with Crippen LogP contribution in [0.5, 0.6) is 5.75 Å². The number of amides is 1. The Morgan fingerprint density at radius 1 is 1.00 bits per heavy atom. The van der Waals surface area contributed by atoms with E-state index in [-0.39, 0.29) is 16.8 Å². The Balaban J connectivity index is 1.64. The molecule has 0 saturated carbocycles. The number of ether oxygens (including phenoxy) is 1. The van der Waals surface area contributed by atoms with Crippen LogP contribution in [0.15, 0.2) is 59.5 Å². The molecule has 0 spiro atoms. The van der Waals surface area contributed by atoms with Gasteiger partial charge in [-0.1, -0.05) is 11.6 Å². The summed E-state index contributed by atoms with van der Waals surface area (Å²) in [6, 6.07) is 14.1. The van der Waals surface area contributed by atoms with E-state index in [1.54, 1.807) is 51.1 Å². The number of sulfonamides is 1. The van der Waals surface area contributed by atoms with Crippen LogP contribution in [-0.4, -0.2) is 30.4 Å². The fourth-order valence-electron chi connectivity index (χ4n) is 2.68. The van der Waals surface area contributed by atoms with E-state index >= 15 is 0 Å². The zero-order chi connectivity index (χ0) is 22.6. The monoisotopic (exact) mass is 460 g/mol. The number of nitrogens with one attached hydrogen (secondary N) is 2. The standard InChI is InChI=1S/C21H21ClN4O4S/c1-13-12-14(2)24-21(23-13)26-31(28,29)19-10-6-17(7-11-19)25-20(27)15(3)30-18-8-4-16(22)5-9-18/h4-12,15H,1-3H3,(H,25,27)(H,23,24,26)/t15-/m0/s1. The van der Waals surface area contributed by atoms with Crippen molar-refractivity contribution in [1.82, 2.24) is 9.97 Å². The third kappa shape index (κ3) is 6.16. The lowest BCUT2D eigenvalue weighted by molar-refractivity contribution is -0.122. The summed E-state index contributed by atoms with van der Waals surface area (Å²) in [6.45, 7) is 5.11. The molecule has 1 aromatic heterocycles. The summed E-state index contributed by atoms with van der Waals surface area (Å²) in [7, 11) is -3.88. The van der Waals surface area contributed by atoms with Gasteiger partial charge in [0.25, 0.3) is 15.9 Å². The van der Waals surface area contributed by atoms with Crippen molar-refractivity contribution in [1.29, 1.82) is 0 Å². The molecular weight excluding hydrogens is 440 g/mol. The molecule has 1 heterocycles. The van der Waals surface area contributed by atoms with Crippen molar-refractivity contribution in [2.24, 2.45) is 0 Å². The SMILES string of the molecule is Cc1cc(C)nc(NS(=O)(=O)c2ccc(NC(=O)[C@H](C)Oc3ccc(Cl)cc3)cc2)n1. The van der Waals surface area contributed by atoms with Gasteiger partial charge in [-0.2, -0.15) is 0 Å². The molecule has 3 aromatic rings. The molecule has 31 heavy (non-hydrogen) atoms. The number of aromatic nitrogens is 2. The van der Waals surface area contributed by atoms with Crippen molar-refractivity contribution in [2.45, 2.75) is 31.8 Å². The average molecular weight is 461 g/mol. The zero-order valence-electron chi connectivity index (χ0n) is 17.1. The number of aryl methyl sites for hydroxylation is 2. The summed E-state index contributed by atoms with van der Waals surface area (Å²) in [5.74, 6) is 0.128. The minimum Gasteiger partial charge on any atom is -0.481 e. The van der Waals surface area contributed by atoms with Gasteiger partial charge in [0.1, 0.15) is 5.75 Å². The van der Waals surface area contributed by atoms with E-state index in [0.29, 0.717) is 27.8 Å². The number of hydrogen-bond acceptors (Lipinski definition) is 6. The van der Waals surface area contributed by atoms with Gasteiger partial charge in [-0.15, -0.1) is 0 Å². The molecule has 0 saturated heterocycles. The third-order valence-corrected chi connectivity index (χ3v) is 5.73. The summed E-state index contributed by atoms with van der Waals surface area (Å²) in [4.78, 5) is 20.5. The minimum atomic E-state index is -3.88. The van der Waals surface area contributed by atoms with E-state index in [1.807, 2.05) is 0 Å².